The number of benzene rings is 1. The molecule has 2 amide bonds. The van der Waals surface area contributed by atoms with E-state index in [1.54, 1.807) is 13.8 Å². The van der Waals surface area contributed by atoms with Gasteiger partial charge in [-0.2, -0.15) is 0 Å². The van der Waals surface area contributed by atoms with E-state index in [0.717, 1.165) is 17.1 Å². The van der Waals surface area contributed by atoms with Crippen LogP contribution in [0.25, 0.3) is 0 Å². The quantitative estimate of drug-likeness (QED) is 0.812. The van der Waals surface area contributed by atoms with Gasteiger partial charge in [0.2, 0.25) is 0 Å². The van der Waals surface area contributed by atoms with Gasteiger partial charge in [0.15, 0.2) is 0 Å². The molecule has 1 saturated carbocycles. The average molecular weight is 351 g/mol. The highest BCUT2D eigenvalue weighted by Crippen LogP contribution is 2.33. The van der Waals surface area contributed by atoms with E-state index in [-0.39, 0.29) is 28.0 Å². The third kappa shape index (κ3) is 2.80. The number of rotatable bonds is 5. The van der Waals surface area contributed by atoms with Crippen molar-refractivity contribution in [2.75, 3.05) is 6.54 Å². The predicted molar refractivity (Wildman–Crippen MR) is 88.0 cm³/mol. The molecule has 1 fully saturated rings. The molecule has 24 heavy (non-hydrogen) atoms. The average Bonchev–Trinajstić information content (AvgIpc) is 3.33. The third-order valence-corrected chi connectivity index (χ3v) is 6.41. The first kappa shape index (κ1) is 16.9. The Balaban J connectivity index is 1.83. The molecular weight excluding hydrogens is 330 g/mol. The van der Waals surface area contributed by atoms with Crippen molar-refractivity contribution in [1.29, 1.82) is 0 Å². The monoisotopic (exact) mass is 351 g/mol. The van der Waals surface area contributed by atoms with E-state index in [1.807, 2.05) is 0 Å². The van der Waals surface area contributed by atoms with E-state index in [1.165, 1.54) is 18.2 Å². The molecule has 1 aromatic carbocycles. The fourth-order valence-corrected chi connectivity index (χ4v) is 4.70. The summed E-state index contributed by atoms with van der Waals surface area (Å²) in [7, 11) is -3.91. The molecule has 2 aliphatic rings. The van der Waals surface area contributed by atoms with Gasteiger partial charge in [-0.05, 0) is 50.8 Å². The lowest BCUT2D eigenvalue weighted by molar-refractivity contribution is 0.0845. The Kier molecular flexibility index (Phi) is 4.13. The standard InChI is InChI=1S/C16H21N3O4S/c1-9(2)19-16(21)12-6-5-11(7-14(12)24(19,22)23)15(20)18-8-13(17)10-3-4-10/h5-7,9-10,13H,3-4,8,17H2,1-2H3,(H,18,20). The molecule has 1 aliphatic carbocycles. The number of nitrogens with two attached hydrogens (primary N) is 1. The van der Waals surface area contributed by atoms with Crippen LogP contribution in [-0.2, 0) is 10.0 Å². The minimum Gasteiger partial charge on any atom is -0.350 e. The third-order valence-electron chi connectivity index (χ3n) is 4.41. The minimum atomic E-state index is -3.91. The van der Waals surface area contributed by atoms with Crippen molar-refractivity contribution in [3.05, 3.63) is 29.3 Å². The largest absolute Gasteiger partial charge is 0.350 e. The van der Waals surface area contributed by atoms with Crippen LogP contribution in [0.4, 0.5) is 0 Å². The molecule has 3 N–H and O–H groups in total. The van der Waals surface area contributed by atoms with Crippen LogP contribution in [0.2, 0.25) is 0 Å². The topological polar surface area (TPSA) is 110 Å². The zero-order valence-corrected chi connectivity index (χ0v) is 14.5. The fraction of sp³-hybridized carbons (Fsp3) is 0.500. The van der Waals surface area contributed by atoms with Crippen LogP contribution >= 0.6 is 0 Å². The lowest BCUT2D eigenvalue weighted by Crippen LogP contribution is -2.38. The molecule has 130 valence electrons. The number of sulfonamides is 1. The van der Waals surface area contributed by atoms with Crippen LogP contribution in [0.5, 0.6) is 0 Å². The zero-order chi connectivity index (χ0) is 17.6. The summed E-state index contributed by atoms with van der Waals surface area (Å²) in [5.41, 5.74) is 6.26. The Morgan fingerprint density at radius 1 is 1.38 bits per heavy atom. The van der Waals surface area contributed by atoms with Gasteiger partial charge in [0.05, 0.1) is 5.56 Å². The Hall–Kier alpha value is -1.93. The Labute approximate surface area is 141 Å². The van der Waals surface area contributed by atoms with E-state index in [4.69, 9.17) is 5.73 Å². The second kappa shape index (κ2) is 5.86. The van der Waals surface area contributed by atoms with Crippen molar-refractivity contribution >= 4 is 21.8 Å². The van der Waals surface area contributed by atoms with Gasteiger partial charge in [-0.3, -0.25) is 9.59 Å². The molecule has 1 aromatic rings. The molecule has 1 aliphatic heterocycles. The number of hydrogen-bond acceptors (Lipinski definition) is 5. The first-order valence-corrected chi connectivity index (χ1v) is 9.44. The molecule has 3 rings (SSSR count). The highest BCUT2D eigenvalue weighted by molar-refractivity contribution is 7.90. The van der Waals surface area contributed by atoms with Gasteiger partial charge in [0, 0.05) is 24.2 Å². The molecule has 0 saturated heterocycles. The lowest BCUT2D eigenvalue weighted by Gasteiger charge is -2.18. The highest BCUT2D eigenvalue weighted by Gasteiger charge is 2.43. The summed E-state index contributed by atoms with van der Waals surface area (Å²) < 4.78 is 25.9. The summed E-state index contributed by atoms with van der Waals surface area (Å²) in [4.78, 5) is 24.4. The van der Waals surface area contributed by atoms with E-state index in [2.05, 4.69) is 5.32 Å². The summed E-state index contributed by atoms with van der Waals surface area (Å²) in [5.74, 6) is -0.481. The second-order valence-corrected chi connectivity index (χ2v) is 8.41. The normalized spacial score (nSPS) is 20.2. The summed E-state index contributed by atoms with van der Waals surface area (Å²) in [6.07, 6.45) is 2.17. The SMILES string of the molecule is CC(C)N1C(=O)c2ccc(C(=O)NCC(N)C3CC3)cc2S1(=O)=O. The Morgan fingerprint density at radius 2 is 2.04 bits per heavy atom. The second-order valence-electron chi connectivity index (χ2n) is 6.62. The first-order chi connectivity index (χ1) is 11.2. The minimum absolute atomic E-state index is 0.0786. The zero-order valence-electron chi connectivity index (χ0n) is 13.7. The van der Waals surface area contributed by atoms with Crippen LogP contribution in [0, 0.1) is 5.92 Å². The number of amides is 2. The van der Waals surface area contributed by atoms with Crippen LogP contribution in [0.3, 0.4) is 0 Å². The number of nitrogens with zero attached hydrogens (tertiary/aromatic N) is 1. The van der Waals surface area contributed by atoms with Gasteiger partial charge in [0.1, 0.15) is 4.90 Å². The van der Waals surface area contributed by atoms with Crippen molar-refractivity contribution in [2.24, 2.45) is 11.7 Å². The van der Waals surface area contributed by atoms with Crippen LogP contribution in [-0.4, -0.2) is 43.2 Å². The number of hydrogen-bond donors (Lipinski definition) is 2. The van der Waals surface area contributed by atoms with Crippen LogP contribution in [0.1, 0.15) is 47.4 Å². The van der Waals surface area contributed by atoms with E-state index >= 15 is 0 Å². The Morgan fingerprint density at radius 3 is 2.62 bits per heavy atom. The molecule has 1 atom stereocenters. The van der Waals surface area contributed by atoms with Gasteiger partial charge in [-0.1, -0.05) is 0 Å². The van der Waals surface area contributed by atoms with Crippen molar-refractivity contribution in [2.45, 2.75) is 43.7 Å². The lowest BCUT2D eigenvalue weighted by atomic mass is 10.1. The molecular formula is C16H21N3O4S. The summed E-state index contributed by atoms with van der Waals surface area (Å²) in [6, 6.07) is 3.57. The molecule has 7 nitrogen and oxygen atoms in total. The maximum Gasteiger partial charge on any atom is 0.269 e. The summed E-state index contributed by atoms with van der Waals surface area (Å²) in [5, 5.41) is 2.73. The molecule has 1 heterocycles. The molecule has 0 bridgehead atoms. The molecule has 0 radical (unpaired) electrons. The molecule has 0 spiro atoms. The summed E-state index contributed by atoms with van der Waals surface area (Å²) in [6.45, 7) is 3.62. The van der Waals surface area contributed by atoms with Gasteiger partial charge in [-0.25, -0.2) is 12.7 Å². The Bertz CT molecular complexity index is 800. The van der Waals surface area contributed by atoms with Crippen molar-refractivity contribution in [3.8, 4) is 0 Å². The van der Waals surface area contributed by atoms with Gasteiger partial charge in [-0.15, -0.1) is 0 Å². The van der Waals surface area contributed by atoms with E-state index < -0.39 is 22.0 Å². The highest BCUT2D eigenvalue weighted by atomic mass is 32.2. The van der Waals surface area contributed by atoms with Gasteiger partial charge < -0.3 is 11.1 Å². The number of fused-ring (bicyclic) bond motifs is 1. The van der Waals surface area contributed by atoms with Gasteiger partial charge in [0.25, 0.3) is 21.8 Å². The molecule has 0 aromatic heterocycles. The molecule has 1 unspecified atom stereocenters. The smallest absolute Gasteiger partial charge is 0.269 e. The number of nitrogens with one attached hydrogen (secondary N) is 1. The van der Waals surface area contributed by atoms with Crippen molar-refractivity contribution in [1.82, 2.24) is 9.62 Å². The van der Waals surface area contributed by atoms with Crippen LogP contribution < -0.4 is 11.1 Å². The fourth-order valence-electron chi connectivity index (χ4n) is 2.90. The predicted octanol–water partition coefficient (Wildman–Crippen LogP) is 0.707. The maximum atomic E-state index is 12.5. The van der Waals surface area contributed by atoms with Crippen molar-refractivity contribution in [3.63, 3.8) is 0 Å². The molecule has 8 heteroatoms. The maximum absolute atomic E-state index is 12.5. The van der Waals surface area contributed by atoms with Crippen LogP contribution in [0.15, 0.2) is 23.1 Å². The van der Waals surface area contributed by atoms with Gasteiger partial charge >= 0.3 is 0 Å². The number of carbonyl (C=O) groups is 2. The first-order valence-electron chi connectivity index (χ1n) is 8.00. The number of carbonyl (C=O) groups excluding carboxylic acids is 2. The van der Waals surface area contributed by atoms with E-state index in [9.17, 15) is 18.0 Å². The van der Waals surface area contributed by atoms with E-state index in [0.29, 0.717) is 12.5 Å². The van der Waals surface area contributed by atoms with Crippen molar-refractivity contribution < 1.29 is 18.0 Å². The summed E-state index contributed by atoms with van der Waals surface area (Å²) >= 11 is 0.